The Morgan fingerprint density at radius 2 is 0.653 bits per heavy atom. The average molecular weight is 2160 g/mol. The Hall–Kier alpha value is -12.8. The number of carbonyl (C=O) groups is 10. The first-order chi connectivity index (χ1) is 71.4. The van der Waals surface area contributed by atoms with Crippen molar-refractivity contribution in [2.24, 2.45) is 23.7 Å². The fourth-order valence-electron chi connectivity index (χ4n) is 20.2. The summed E-state index contributed by atoms with van der Waals surface area (Å²) in [5.41, 5.74) is 7.55. The number of β-lactam (4-membered cyclic amide) rings is 4. The summed E-state index contributed by atoms with van der Waals surface area (Å²) < 4.78 is 23.4. The first kappa shape index (κ1) is 116. The van der Waals surface area contributed by atoms with Crippen LogP contribution in [0, 0.1) is 23.7 Å². The van der Waals surface area contributed by atoms with E-state index in [9.17, 15) is 68.4 Å². The van der Waals surface area contributed by atoms with E-state index in [1.54, 1.807) is 108 Å². The number of carbonyl (C=O) groups excluding carboxylic acids is 10. The number of hydrogen-bond donors (Lipinski definition) is 7. The number of Topliss-reactive ketones (excluding diaryl/α,β-unsaturated/α-hetero) is 2. The third kappa shape index (κ3) is 24.4. The normalized spacial score (nSPS) is 18.5. The Balaban J connectivity index is 0.000000185. The van der Waals surface area contributed by atoms with E-state index in [-0.39, 0.29) is 126 Å². The number of amides is 4. The molecule has 10 aromatic carbocycles. The van der Waals surface area contributed by atoms with Gasteiger partial charge < -0.3 is 84.7 Å². The minimum absolute atomic E-state index is 0. The first-order valence-corrected chi connectivity index (χ1v) is 57.4. The minimum atomic E-state index is -3.15. The summed E-state index contributed by atoms with van der Waals surface area (Å²) >= 11 is 21.1. The number of likely N-dealkylation sites (tertiary alicyclic amines) is 2. The second-order valence-electron chi connectivity index (χ2n) is 37.3. The van der Waals surface area contributed by atoms with E-state index in [0.717, 1.165) is 65.2 Å². The zero-order valence-electron chi connectivity index (χ0n) is 85.6. The number of carboxylic acid groups (broad SMARTS) is 1. The molecule has 10 aromatic rings. The summed E-state index contributed by atoms with van der Waals surface area (Å²) in [7, 11) is 4.87. The molecule has 4 saturated heterocycles. The topological polar surface area (TPSA) is 352 Å². The Kier molecular flexibility index (Phi) is 40.0. The molecule has 0 unspecified atom stereocenters. The van der Waals surface area contributed by atoms with E-state index < -0.39 is 112 Å². The maximum absolute atomic E-state index is 14.8. The molecule has 0 spiro atoms. The third-order valence-electron chi connectivity index (χ3n) is 26.9. The van der Waals surface area contributed by atoms with Crippen molar-refractivity contribution in [3.05, 3.63) is 373 Å². The van der Waals surface area contributed by atoms with Gasteiger partial charge in [0, 0.05) is 88.2 Å². The van der Waals surface area contributed by atoms with Gasteiger partial charge in [-0.15, -0.1) is 0 Å². The molecular weight excluding hydrogens is 2030 g/mol. The molecule has 0 saturated carbocycles. The molecule has 26 nitrogen and oxygen atoms in total. The summed E-state index contributed by atoms with van der Waals surface area (Å²) in [6.07, 6.45) is 2.09. The molecule has 12 atom stereocenters. The van der Waals surface area contributed by atoms with Crippen molar-refractivity contribution in [2.45, 2.75) is 122 Å². The van der Waals surface area contributed by atoms with Gasteiger partial charge in [-0.3, -0.25) is 28.8 Å². The third-order valence-corrected chi connectivity index (χ3v) is 38.2. The Morgan fingerprint density at radius 3 is 0.927 bits per heavy atom. The first-order valence-electron chi connectivity index (χ1n) is 48.7. The summed E-state index contributed by atoms with van der Waals surface area (Å²) in [6.45, 7) is 17.5. The van der Waals surface area contributed by atoms with Crippen molar-refractivity contribution in [2.75, 3.05) is 48.0 Å². The van der Waals surface area contributed by atoms with Crippen LogP contribution in [-0.2, 0) is 57.0 Å². The molecule has 772 valence electrons. The number of ether oxygens (including phenoxy) is 3. The molecule has 34 heteroatoms. The maximum Gasteiger partial charge on any atom is 1.00 e. The zero-order valence-corrected chi connectivity index (χ0v) is 93.6. The Labute approximate surface area is 919 Å². The molecule has 6 aliphatic heterocycles. The molecule has 0 bridgehead atoms. The van der Waals surface area contributed by atoms with Gasteiger partial charge >= 0.3 is 47.5 Å². The van der Waals surface area contributed by atoms with E-state index in [1.807, 2.05) is 225 Å². The van der Waals surface area contributed by atoms with Crippen molar-refractivity contribution in [1.82, 2.24) is 40.9 Å². The van der Waals surface area contributed by atoms with E-state index >= 15 is 0 Å². The second-order valence-corrected chi connectivity index (χ2v) is 50.0. The number of benzene rings is 10. The largest absolute Gasteiger partial charge is 1.00 e. The van der Waals surface area contributed by atoms with Crippen LogP contribution < -0.4 is 87.8 Å². The number of aliphatic hydroxyl groups excluding tert-OH is 3. The quantitative estimate of drug-likeness (QED) is 0.00282. The van der Waals surface area contributed by atoms with Gasteiger partial charge in [0.05, 0.1) is 83.9 Å². The number of ketones is 2. The molecule has 16 rings (SSSR count). The van der Waals surface area contributed by atoms with E-state index in [2.05, 4.69) is 60.6 Å². The van der Waals surface area contributed by atoms with Gasteiger partial charge in [0.1, 0.15) is 56.3 Å². The number of nitrogens with zero attached hydrogens (tertiary/aromatic N) is 4. The van der Waals surface area contributed by atoms with Crippen molar-refractivity contribution >= 4 is 204 Å². The summed E-state index contributed by atoms with van der Waals surface area (Å²) in [6, 6.07) is 85.1. The smallest absolute Gasteiger partial charge is 0.543 e. The molecule has 0 aromatic heterocycles. The monoisotopic (exact) mass is 2150 g/mol. The number of thiocarbonyl (C=S) groups is 4. The SMILES string of the molecule is C=CCOC(=O)C(N1C(=O)[C@H]([C@@H](C)O)[C@H]1CC(=O)c1ccc(C(=S)NC)cc1)=P(c1ccccc1)(c1ccccc1)c1ccccc1.C=CCOC(=O)C(N1C(=O)[C@H]([C@@H](C)O[Si](C)(C)C)[C@H]1CC(=O)c1ccc(C(=S)NC)cc1)=P(c1ccccc1)(c1ccccc1)c1ccccc1.C=CCOC(=O)C1=C(c2ccc(C(=S)NC)cc2)C[C@@H]2[C@@H]([C@@H](C)O)C(=O)N12.CNC(=S)c1ccc(C2=C(C(=O)[O-])N3C(=O)[C@H]([C@@H](C)O)[C@H]3C2)cc1.[Na+]. The average Bonchev–Trinajstić information content (AvgIpc) is 1.13. The number of aliphatic carboxylic acids is 1. The van der Waals surface area contributed by atoms with E-state index in [0.29, 0.717) is 55.1 Å². The zero-order chi connectivity index (χ0) is 108. The van der Waals surface area contributed by atoms with Crippen molar-refractivity contribution < 1.29 is 117 Å². The van der Waals surface area contributed by atoms with E-state index in [4.69, 9.17) is 67.5 Å². The Bertz CT molecular complexity index is 6740. The van der Waals surface area contributed by atoms with Gasteiger partial charge in [0.25, 0.3) is 0 Å². The molecular formula is C116H121N8NaO18P2S4Si. The molecule has 0 radical (unpaired) electrons. The Morgan fingerprint density at radius 1 is 0.393 bits per heavy atom. The summed E-state index contributed by atoms with van der Waals surface area (Å²) in [5, 5.41) is 58.9. The van der Waals surface area contributed by atoms with Crippen molar-refractivity contribution in [1.29, 1.82) is 0 Å². The molecule has 6 heterocycles. The predicted octanol–water partition coefficient (Wildman–Crippen LogP) is 8.58. The van der Waals surface area contributed by atoms with Gasteiger partial charge in [-0.05, 0) is 114 Å². The fourth-order valence-corrected chi connectivity index (χ4v) is 30.8. The van der Waals surface area contributed by atoms with Crippen LogP contribution in [0.5, 0.6) is 0 Å². The van der Waals surface area contributed by atoms with Crippen molar-refractivity contribution in [3.8, 4) is 0 Å². The number of carboxylic acids is 1. The van der Waals surface area contributed by atoms with Gasteiger partial charge in [0.2, 0.25) is 23.6 Å². The maximum atomic E-state index is 14.8. The number of rotatable bonds is 36. The second kappa shape index (κ2) is 51.8. The molecule has 4 fully saturated rings. The van der Waals surface area contributed by atoms with Crippen LogP contribution in [0.25, 0.3) is 11.1 Å². The number of fused-ring (bicyclic) bond motifs is 2. The van der Waals surface area contributed by atoms with Crippen LogP contribution in [0.4, 0.5) is 0 Å². The van der Waals surface area contributed by atoms with Crippen LogP contribution in [0.15, 0.2) is 328 Å². The van der Waals surface area contributed by atoms with E-state index in [1.165, 1.54) is 39.9 Å². The van der Waals surface area contributed by atoms with Crippen LogP contribution >= 0.6 is 62.6 Å². The van der Waals surface area contributed by atoms with Gasteiger partial charge in [-0.1, -0.05) is 366 Å². The minimum Gasteiger partial charge on any atom is -0.543 e. The van der Waals surface area contributed by atoms with Crippen LogP contribution in [0.3, 0.4) is 0 Å². The van der Waals surface area contributed by atoms with Crippen LogP contribution in [0.2, 0.25) is 19.6 Å². The van der Waals surface area contributed by atoms with Gasteiger partial charge in [0.15, 0.2) is 19.9 Å². The van der Waals surface area contributed by atoms with Crippen molar-refractivity contribution in [3.63, 3.8) is 0 Å². The number of hydrogen-bond acceptors (Lipinski definition) is 22. The molecule has 6 aliphatic rings. The molecule has 0 aliphatic carbocycles. The summed E-state index contributed by atoms with van der Waals surface area (Å²) in [4.78, 5) is 143. The number of esters is 3. The van der Waals surface area contributed by atoms with Gasteiger partial charge in [-0.25, -0.2) is 14.4 Å². The standard InChI is InChI=1S/C41H45N2O5PSSi.C38H37N2O5PS.C20H22N2O4S.C17H18N2O4S.Na/c1-7-27-47-41(46)40(49(32-17-11-8-12-18-32,33-19-13-9-14-20-33)34-21-15-10-16-22-34)43-35(37(39(43)45)29(2)48-51(4,5)6)28-36(44)30-23-25-31(26-24-30)38(50)42-3;1-4-24-45-38(44)37(46(29-14-8-5-9-15-29,30-16-10-6-11-17-30)31-18-12-7-13-19-31)40-32(34(26(2)41)36(40)43)25-33(42)27-20-22-28(23-21-27)35(47)39-3;1-4-9-26-20(25)17-14(10-15-16(11(2)23)19(24)22(15)17)12-5-7-13(8-6-12)18(27)21-3;1-8(20)13-12-7-11(14(17(22)23)19(12)16(13)21)9-3-5-10(6-4-9)15(24)18-2;/h7-26,29,35,37H,1,27-28H2,2-6H3,(H,42,50);4-23,26,32,34,41H,1,24-25H2,2-3H3,(H,39,47);4-8,11,15-16,23H,1,9-10H2,2-3H3,(H,21,27);3-6,8,12-13,20H,7H2,1-2H3,(H,18,24)(H,22,23);/q;;;;+1/p-1/t29-,35-,37-;26-,32-,34-;11-,15-,16-;8-,12-,13-;/m1111./s1. The predicted molar refractivity (Wildman–Crippen MR) is 604 cm³/mol. The number of nitrogens with one attached hydrogen (secondary N) is 4. The van der Waals surface area contributed by atoms with Crippen LogP contribution in [0.1, 0.15) is 107 Å². The van der Waals surface area contributed by atoms with Crippen LogP contribution in [-0.4, -0.2) is 230 Å². The van der Waals surface area contributed by atoms with Gasteiger partial charge in [-0.2, -0.15) is 0 Å². The summed E-state index contributed by atoms with van der Waals surface area (Å²) in [5.74, 6) is -7.59. The fraction of sp³-hybridized carbons (Fsp3) is 0.259. The molecule has 7 N–H and O–H groups in total. The molecule has 150 heavy (non-hydrogen) atoms. The number of aliphatic hydroxyl groups is 3. The molecule has 4 amide bonds.